The SMILES string of the molecule is CC#CCN1C(=O)N[C@@](CCCc2ccccc2)(C2CCN(C(=O)[C@@H]3CSC(=O)N3)CC2)C1=O. The molecule has 0 saturated carbocycles. The molecule has 180 valence electrons. The number of benzene rings is 1. The second-order valence-electron chi connectivity index (χ2n) is 8.95. The van der Waals surface area contributed by atoms with Crippen LogP contribution in [0.15, 0.2) is 30.3 Å². The number of likely N-dealkylation sites (tertiary alicyclic amines) is 1. The van der Waals surface area contributed by atoms with Crippen molar-refractivity contribution >= 4 is 34.8 Å². The molecule has 0 unspecified atom stereocenters. The molecule has 0 aliphatic carbocycles. The number of amides is 5. The number of imide groups is 1. The lowest BCUT2D eigenvalue weighted by molar-refractivity contribution is -0.136. The Balaban J connectivity index is 1.46. The molecule has 3 aliphatic heterocycles. The van der Waals surface area contributed by atoms with Gasteiger partial charge in [0.25, 0.3) is 11.1 Å². The molecule has 3 saturated heterocycles. The van der Waals surface area contributed by atoms with Gasteiger partial charge in [0, 0.05) is 18.8 Å². The van der Waals surface area contributed by atoms with Crippen LogP contribution in [0.3, 0.4) is 0 Å². The average molecular weight is 483 g/mol. The summed E-state index contributed by atoms with van der Waals surface area (Å²) in [4.78, 5) is 53.6. The minimum Gasteiger partial charge on any atom is -0.341 e. The van der Waals surface area contributed by atoms with Crippen LogP contribution in [-0.2, 0) is 16.0 Å². The van der Waals surface area contributed by atoms with Gasteiger partial charge in [0.05, 0.1) is 6.54 Å². The van der Waals surface area contributed by atoms with E-state index in [0.29, 0.717) is 38.1 Å². The Morgan fingerprint density at radius 2 is 1.91 bits per heavy atom. The lowest BCUT2D eigenvalue weighted by atomic mass is 9.74. The third-order valence-electron chi connectivity index (χ3n) is 6.97. The van der Waals surface area contributed by atoms with Gasteiger partial charge in [-0.2, -0.15) is 0 Å². The van der Waals surface area contributed by atoms with E-state index in [0.717, 1.165) is 24.6 Å². The third kappa shape index (κ3) is 4.92. The minimum atomic E-state index is -0.978. The number of carbonyl (C=O) groups excluding carboxylic acids is 4. The van der Waals surface area contributed by atoms with Gasteiger partial charge in [-0.3, -0.25) is 19.3 Å². The standard InChI is InChI=1S/C25H30N4O4S/c1-2-3-14-29-22(31)25(27-23(29)32,13-7-10-18-8-5-4-6-9-18)19-11-15-28(16-12-19)21(30)20-17-34-24(33)26-20/h4-6,8-9,19-20H,7,10-17H2,1H3,(H,26,33)(H,27,32)/t20-,25-/m0/s1. The van der Waals surface area contributed by atoms with Gasteiger partial charge in [-0.1, -0.05) is 48.0 Å². The highest BCUT2D eigenvalue weighted by atomic mass is 32.2. The molecule has 0 radical (unpaired) electrons. The van der Waals surface area contributed by atoms with Crippen LogP contribution in [0.2, 0.25) is 0 Å². The van der Waals surface area contributed by atoms with Crippen LogP contribution in [0.1, 0.15) is 38.2 Å². The van der Waals surface area contributed by atoms with Crippen LogP contribution in [0, 0.1) is 17.8 Å². The summed E-state index contributed by atoms with van der Waals surface area (Å²) >= 11 is 1.13. The molecule has 0 aromatic heterocycles. The Labute approximate surface area is 204 Å². The van der Waals surface area contributed by atoms with Crippen LogP contribution in [0.4, 0.5) is 9.59 Å². The first-order valence-electron chi connectivity index (χ1n) is 11.7. The maximum atomic E-state index is 13.6. The van der Waals surface area contributed by atoms with Crippen molar-refractivity contribution in [2.24, 2.45) is 5.92 Å². The number of nitrogens with zero attached hydrogens (tertiary/aromatic N) is 2. The highest BCUT2D eigenvalue weighted by Gasteiger charge is 2.55. The molecular formula is C25H30N4O4S. The molecule has 3 heterocycles. The first-order chi connectivity index (χ1) is 16.4. The van der Waals surface area contributed by atoms with Crippen molar-refractivity contribution in [2.75, 3.05) is 25.4 Å². The first kappa shape index (κ1) is 24.1. The van der Waals surface area contributed by atoms with Crippen molar-refractivity contribution in [3.63, 3.8) is 0 Å². The van der Waals surface area contributed by atoms with Gasteiger partial charge < -0.3 is 15.5 Å². The molecule has 5 amide bonds. The van der Waals surface area contributed by atoms with Crippen molar-refractivity contribution in [2.45, 2.75) is 50.6 Å². The Hall–Kier alpha value is -2.99. The molecule has 1 aromatic carbocycles. The van der Waals surface area contributed by atoms with Crippen molar-refractivity contribution in [3.05, 3.63) is 35.9 Å². The summed E-state index contributed by atoms with van der Waals surface area (Å²) in [5.74, 6) is 5.68. The Morgan fingerprint density at radius 1 is 1.18 bits per heavy atom. The summed E-state index contributed by atoms with van der Waals surface area (Å²) in [6, 6.07) is 9.22. The van der Waals surface area contributed by atoms with Crippen molar-refractivity contribution in [3.8, 4) is 11.8 Å². The number of aryl methyl sites for hydroxylation is 1. The van der Waals surface area contributed by atoms with Crippen LogP contribution in [-0.4, -0.2) is 69.9 Å². The number of hydrogen-bond donors (Lipinski definition) is 2. The molecule has 9 heteroatoms. The topological polar surface area (TPSA) is 98.8 Å². The molecule has 8 nitrogen and oxygen atoms in total. The van der Waals surface area contributed by atoms with Gasteiger partial charge in [-0.25, -0.2) is 4.79 Å². The van der Waals surface area contributed by atoms with E-state index in [4.69, 9.17) is 0 Å². The smallest absolute Gasteiger partial charge is 0.325 e. The molecule has 0 bridgehead atoms. The van der Waals surface area contributed by atoms with Gasteiger partial charge in [0.15, 0.2) is 0 Å². The summed E-state index contributed by atoms with van der Waals surface area (Å²) in [5, 5.41) is 5.59. The maximum Gasteiger partial charge on any atom is 0.325 e. The van der Waals surface area contributed by atoms with Crippen LogP contribution in [0.5, 0.6) is 0 Å². The minimum absolute atomic E-state index is 0.0726. The van der Waals surface area contributed by atoms with E-state index in [1.165, 1.54) is 10.5 Å². The zero-order chi connectivity index (χ0) is 24.1. The summed E-state index contributed by atoms with van der Waals surface area (Å²) in [7, 11) is 0. The molecule has 34 heavy (non-hydrogen) atoms. The molecular weight excluding hydrogens is 452 g/mol. The van der Waals surface area contributed by atoms with E-state index in [-0.39, 0.29) is 29.5 Å². The normalized spacial score (nSPS) is 25.1. The summed E-state index contributed by atoms with van der Waals surface area (Å²) in [5.41, 5.74) is 0.216. The zero-order valence-corrected chi connectivity index (χ0v) is 20.2. The van der Waals surface area contributed by atoms with Crippen LogP contribution < -0.4 is 10.6 Å². The lowest BCUT2D eigenvalue weighted by Gasteiger charge is -2.41. The average Bonchev–Trinajstić information content (AvgIpc) is 3.39. The monoisotopic (exact) mass is 482 g/mol. The Bertz CT molecular complexity index is 1010. The number of thioether (sulfide) groups is 1. The van der Waals surface area contributed by atoms with Crippen molar-refractivity contribution < 1.29 is 19.2 Å². The van der Waals surface area contributed by atoms with Crippen LogP contribution >= 0.6 is 11.8 Å². The van der Waals surface area contributed by atoms with E-state index < -0.39 is 17.6 Å². The number of nitrogens with one attached hydrogen (secondary N) is 2. The number of piperidine rings is 1. The third-order valence-corrected chi connectivity index (χ3v) is 7.85. The van der Waals surface area contributed by atoms with E-state index in [9.17, 15) is 19.2 Å². The summed E-state index contributed by atoms with van der Waals surface area (Å²) < 4.78 is 0. The second kappa shape index (κ2) is 10.5. The van der Waals surface area contributed by atoms with Gasteiger partial charge >= 0.3 is 6.03 Å². The van der Waals surface area contributed by atoms with Gasteiger partial charge in [0.1, 0.15) is 11.6 Å². The fourth-order valence-corrected chi connectivity index (χ4v) is 5.91. The predicted molar refractivity (Wildman–Crippen MR) is 130 cm³/mol. The van der Waals surface area contributed by atoms with E-state index >= 15 is 0 Å². The van der Waals surface area contributed by atoms with E-state index in [2.05, 4.69) is 34.6 Å². The number of carbonyl (C=O) groups is 4. The largest absolute Gasteiger partial charge is 0.341 e. The van der Waals surface area contributed by atoms with Gasteiger partial charge in [0.2, 0.25) is 5.91 Å². The molecule has 1 aromatic rings. The number of rotatable bonds is 7. The molecule has 3 aliphatic rings. The Morgan fingerprint density at radius 3 is 2.56 bits per heavy atom. The van der Waals surface area contributed by atoms with Gasteiger partial charge in [-0.05, 0) is 50.5 Å². The summed E-state index contributed by atoms with van der Waals surface area (Å²) in [6.45, 7) is 2.76. The zero-order valence-electron chi connectivity index (χ0n) is 19.3. The van der Waals surface area contributed by atoms with E-state index in [1.54, 1.807) is 11.8 Å². The summed E-state index contributed by atoms with van der Waals surface area (Å²) in [6.07, 6.45) is 3.34. The Kier molecular flexibility index (Phi) is 7.47. The highest BCUT2D eigenvalue weighted by molar-refractivity contribution is 8.14. The fraction of sp³-hybridized carbons (Fsp3) is 0.520. The van der Waals surface area contributed by atoms with Crippen molar-refractivity contribution in [1.29, 1.82) is 0 Å². The molecule has 0 spiro atoms. The maximum absolute atomic E-state index is 13.6. The predicted octanol–water partition coefficient (Wildman–Crippen LogP) is 2.39. The van der Waals surface area contributed by atoms with Crippen LogP contribution in [0.25, 0.3) is 0 Å². The first-order valence-corrected chi connectivity index (χ1v) is 12.7. The highest BCUT2D eigenvalue weighted by Crippen LogP contribution is 2.37. The molecule has 3 fully saturated rings. The molecule has 2 N–H and O–H groups in total. The molecule has 2 atom stereocenters. The quantitative estimate of drug-likeness (QED) is 0.459. The molecule has 4 rings (SSSR count). The van der Waals surface area contributed by atoms with Crippen molar-refractivity contribution in [1.82, 2.24) is 20.4 Å². The van der Waals surface area contributed by atoms with E-state index in [1.807, 2.05) is 18.2 Å². The lowest BCUT2D eigenvalue weighted by Crippen LogP contribution is -2.57. The van der Waals surface area contributed by atoms with Gasteiger partial charge in [-0.15, -0.1) is 5.92 Å². The number of hydrogen-bond acceptors (Lipinski definition) is 5. The fourth-order valence-electron chi connectivity index (χ4n) is 5.14. The number of urea groups is 1. The second-order valence-corrected chi connectivity index (χ2v) is 9.95.